The molecule has 1 unspecified atom stereocenters. The molecular weight excluding hydrogens is 496 g/mol. The van der Waals surface area contributed by atoms with Gasteiger partial charge in [-0.15, -0.1) is 11.6 Å². The molecule has 0 aromatic heterocycles. The minimum Gasteiger partial charge on any atom is -0.508 e. The van der Waals surface area contributed by atoms with Crippen molar-refractivity contribution >= 4 is 17.2 Å². The topological polar surface area (TPSA) is 47.9 Å². The van der Waals surface area contributed by atoms with E-state index in [2.05, 4.69) is 18.2 Å². The Labute approximate surface area is 230 Å². The maximum Gasteiger partial charge on any atom is 0.119 e. The molecule has 0 bridgehead atoms. The molecule has 0 radical (unpaired) electrons. The molecule has 0 aliphatic carbocycles. The van der Waals surface area contributed by atoms with E-state index in [1.807, 2.05) is 84.9 Å². The molecule has 5 heteroatoms. The van der Waals surface area contributed by atoms with Gasteiger partial charge in [0.05, 0.1) is 31.8 Å². The zero-order valence-electron chi connectivity index (χ0n) is 21.3. The molecular formula is C33H33ClO4. The number of aromatic hydroxyl groups is 1. The fourth-order valence-corrected chi connectivity index (χ4v) is 4.32. The van der Waals surface area contributed by atoms with Crippen LogP contribution < -0.4 is 4.74 Å². The van der Waals surface area contributed by atoms with Crippen LogP contribution in [0.2, 0.25) is 0 Å². The van der Waals surface area contributed by atoms with Crippen molar-refractivity contribution in [3.8, 4) is 11.5 Å². The van der Waals surface area contributed by atoms with Crippen LogP contribution in [0.1, 0.15) is 27.6 Å². The first-order chi connectivity index (χ1) is 18.7. The van der Waals surface area contributed by atoms with Gasteiger partial charge >= 0.3 is 0 Å². The van der Waals surface area contributed by atoms with Crippen molar-refractivity contribution in [1.82, 2.24) is 0 Å². The normalized spacial score (nSPS) is 12.3. The Kier molecular flexibility index (Phi) is 10.8. The Bertz CT molecular complexity index is 1260. The second kappa shape index (κ2) is 15.0. The molecule has 4 aromatic carbocycles. The van der Waals surface area contributed by atoms with Gasteiger partial charge in [-0.1, -0.05) is 91.0 Å². The number of hydrogen-bond donors (Lipinski definition) is 1. The van der Waals surface area contributed by atoms with E-state index in [0.717, 1.165) is 33.6 Å². The summed E-state index contributed by atoms with van der Waals surface area (Å²) in [7, 11) is 0. The number of ether oxygens (including phenoxy) is 3. The van der Waals surface area contributed by atoms with E-state index >= 15 is 0 Å². The Hall–Kier alpha value is -3.57. The van der Waals surface area contributed by atoms with Crippen molar-refractivity contribution < 1.29 is 19.3 Å². The third-order valence-electron chi connectivity index (χ3n) is 5.98. The molecule has 0 fully saturated rings. The third kappa shape index (κ3) is 9.07. The van der Waals surface area contributed by atoms with Crippen LogP contribution in [0.3, 0.4) is 0 Å². The second-order valence-electron chi connectivity index (χ2n) is 8.87. The van der Waals surface area contributed by atoms with Gasteiger partial charge in [-0.3, -0.25) is 0 Å². The first-order valence-electron chi connectivity index (χ1n) is 12.8. The highest BCUT2D eigenvalue weighted by molar-refractivity contribution is 6.22. The van der Waals surface area contributed by atoms with E-state index in [0.29, 0.717) is 39.5 Å². The molecule has 0 saturated carbocycles. The van der Waals surface area contributed by atoms with Gasteiger partial charge in [-0.2, -0.15) is 0 Å². The lowest BCUT2D eigenvalue weighted by atomic mass is 9.96. The van der Waals surface area contributed by atoms with Crippen LogP contribution in [-0.4, -0.2) is 31.5 Å². The first kappa shape index (κ1) is 27.5. The molecule has 0 aliphatic rings. The quantitative estimate of drug-likeness (QED) is 0.135. The third-order valence-corrected chi connectivity index (χ3v) is 6.35. The summed E-state index contributed by atoms with van der Waals surface area (Å²) in [5, 5.41) is 9.57. The lowest BCUT2D eigenvalue weighted by Gasteiger charge is -2.13. The van der Waals surface area contributed by atoms with E-state index in [9.17, 15) is 5.11 Å². The maximum absolute atomic E-state index is 9.88. The molecule has 1 atom stereocenters. The molecule has 1 N–H and O–H groups in total. The Morgan fingerprint density at radius 3 is 2.11 bits per heavy atom. The monoisotopic (exact) mass is 528 g/mol. The zero-order valence-corrected chi connectivity index (χ0v) is 22.1. The van der Waals surface area contributed by atoms with Gasteiger partial charge in [0.25, 0.3) is 0 Å². The van der Waals surface area contributed by atoms with E-state index in [1.165, 1.54) is 0 Å². The average molecular weight is 529 g/mol. The molecule has 38 heavy (non-hydrogen) atoms. The second-order valence-corrected chi connectivity index (χ2v) is 9.34. The Balaban J connectivity index is 1.24. The highest BCUT2D eigenvalue weighted by Gasteiger charge is 2.10. The maximum atomic E-state index is 9.88. The van der Waals surface area contributed by atoms with Crippen LogP contribution in [0.15, 0.2) is 115 Å². The van der Waals surface area contributed by atoms with Crippen LogP contribution >= 0.6 is 11.6 Å². The lowest BCUT2D eigenvalue weighted by molar-refractivity contribution is 0.0303. The van der Waals surface area contributed by atoms with Crippen molar-refractivity contribution in [2.75, 3.05) is 26.4 Å². The summed E-state index contributed by atoms with van der Waals surface area (Å²) in [6.07, 6.45) is 2.74. The van der Waals surface area contributed by atoms with Gasteiger partial charge in [0, 0.05) is 0 Å². The number of benzene rings is 4. The number of allylic oxidation sites excluding steroid dienone is 2. The van der Waals surface area contributed by atoms with E-state index in [-0.39, 0.29) is 11.1 Å². The predicted molar refractivity (Wildman–Crippen MR) is 154 cm³/mol. The summed E-state index contributed by atoms with van der Waals surface area (Å²) < 4.78 is 17.0. The number of phenols is 1. The molecule has 4 aromatic rings. The number of phenolic OH excluding ortho intramolecular Hbond substituents is 1. The van der Waals surface area contributed by atoms with Gasteiger partial charge in [0.15, 0.2) is 0 Å². The molecule has 196 valence electrons. The fraction of sp³-hybridized carbons (Fsp3) is 0.212. The van der Waals surface area contributed by atoms with Crippen LogP contribution in [0.5, 0.6) is 11.5 Å². The number of alkyl halides is 1. The average Bonchev–Trinajstić information content (AvgIpc) is 2.95. The fourth-order valence-electron chi connectivity index (χ4n) is 4.02. The van der Waals surface area contributed by atoms with Gasteiger partial charge in [0.1, 0.15) is 18.1 Å². The van der Waals surface area contributed by atoms with Crippen molar-refractivity contribution in [1.29, 1.82) is 0 Å². The molecule has 0 heterocycles. The van der Waals surface area contributed by atoms with E-state index in [1.54, 1.807) is 12.1 Å². The number of halogens is 1. The summed E-state index contributed by atoms with van der Waals surface area (Å²) >= 11 is 6.83. The molecule has 0 aliphatic heterocycles. The highest BCUT2D eigenvalue weighted by Crippen LogP contribution is 2.30. The minimum atomic E-state index is -0.309. The number of rotatable bonds is 14. The summed E-state index contributed by atoms with van der Waals surface area (Å²) in [5.41, 5.74) is 5.36. The molecule has 4 rings (SSSR count). The van der Waals surface area contributed by atoms with E-state index < -0.39 is 0 Å². The minimum absolute atomic E-state index is 0.259. The Morgan fingerprint density at radius 2 is 1.37 bits per heavy atom. The van der Waals surface area contributed by atoms with Crippen LogP contribution in [0.4, 0.5) is 0 Å². The summed E-state index contributed by atoms with van der Waals surface area (Å²) in [5.74, 6) is 1.03. The van der Waals surface area contributed by atoms with Crippen LogP contribution in [0, 0.1) is 0 Å². The molecule has 0 saturated heterocycles. The molecule has 4 nitrogen and oxygen atoms in total. The summed E-state index contributed by atoms with van der Waals surface area (Å²) in [4.78, 5) is 0. The van der Waals surface area contributed by atoms with Gasteiger partial charge < -0.3 is 19.3 Å². The zero-order chi connectivity index (χ0) is 26.4. The standard InChI is InChI=1S/C33H33ClO4/c34-33(24-30(28-11-5-2-6-12-28)22-27-10-7-13-31(35)23-27)29-14-16-32(17-15-29)38-21-20-36-18-19-37-25-26-8-3-1-4-9-26/h1-17,23-24,33,35H,18-22,25H2/b30-24-. The molecule has 0 amide bonds. The smallest absolute Gasteiger partial charge is 0.119 e. The van der Waals surface area contributed by atoms with Crippen LogP contribution in [0.25, 0.3) is 5.57 Å². The van der Waals surface area contributed by atoms with Crippen molar-refractivity contribution in [2.45, 2.75) is 18.4 Å². The molecule has 0 spiro atoms. The summed E-state index contributed by atoms with van der Waals surface area (Å²) in [6, 6.07) is 35.4. The van der Waals surface area contributed by atoms with Gasteiger partial charge in [0.2, 0.25) is 0 Å². The Morgan fingerprint density at radius 1 is 0.711 bits per heavy atom. The first-order valence-corrected chi connectivity index (χ1v) is 13.2. The van der Waals surface area contributed by atoms with Gasteiger partial charge in [-0.05, 0) is 58.5 Å². The van der Waals surface area contributed by atoms with Crippen molar-refractivity contribution in [3.05, 3.63) is 138 Å². The largest absolute Gasteiger partial charge is 0.508 e. The van der Waals surface area contributed by atoms with Gasteiger partial charge in [-0.25, -0.2) is 0 Å². The highest BCUT2D eigenvalue weighted by atomic mass is 35.5. The summed E-state index contributed by atoms with van der Waals surface area (Å²) in [6.45, 7) is 2.62. The lowest BCUT2D eigenvalue weighted by Crippen LogP contribution is -2.10. The van der Waals surface area contributed by atoms with E-state index in [4.69, 9.17) is 25.8 Å². The predicted octanol–water partition coefficient (Wildman–Crippen LogP) is 7.61. The van der Waals surface area contributed by atoms with Crippen molar-refractivity contribution in [2.24, 2.45) is 0 Å². The SMILES string of the molecule is Oc1cccc(C/C(=C/C(Cl)c2ccc(OCCOCCOCc3ccccc3)cc2)c2ccccc2)c1. The number of hydrogen-bond acceptors (Lipinski definition) is 4. The van der Waals surface area contributed by atoms with Crippen molar-refractivity contribution in [3.63, 3.8) is 0 Å². The van der Waals surface area contributed by atoms with Crippen LogP contribution in [-0.2, 0) is 22.5 Å².